The number of aromatic amines is 1. The number of aryl methyl sites for hydroxylation is 2. The Morgan fingerprint density at radius 1 is 1.23 bits per heavy atom. The van der Waals surface area contributed by atoms with Gasteiger partial charge in [-0.3, -0.25) is 19.2 Å². The van der Waals surface area contributed by atoms with Crippen molar-refractivity contribution in [2.45, 2.75) is 46.7 Å². The molecule has 2 aromatic rings. The number of nitrogens with one attached hydrogen (secondary N) is 1. The Hall–Kier alpha value is -1.89. The molecule has 22 heavy (non-hydrogen) atoms. The molecule has 0 aliphatic rings. The highest BCUT2D eigenvalue weighted by atomic mass is 16.2. The van der Waals surface area contributed by atoms with Crippen LogP contribution in [0, 0.1) is 0 Å². The van der Waals surface area contributed by atoms with E-state index in [1.807, 2.05) is 11.5 Å². The third-order valence-corrected chi connectivity index (χ3v) is 4.04. The molecule has 2 heterocycles. The van der Waals surface area contributed by atoms with Gasteiger partial charge in [-0.2, -0.15) is 0 Å². The van der Waals surface area contributed by atoms with Crippen molar-refractivity contribution in [3.8, 4) is 0 Å². The van der Waals surface area contributed by atoms with Crippen LogP contribution in [0.1, 0.15) is 39.4 Å². The lowest BCUT2D eigenvalue weighted by molar-refractivity contribution is 0.265. The fourth-order valence-electron chi connectivity index (χ4n) is 2.67. The molecule has 0 saturated heterocycles. The van der Waals surface area contributed by atoms with Gasteiger partial charge in [0.25, 0.3) is 5.56 Å². The molecule has 0 amide bonds. The van der Waals surface area contributed by atoms with Crippen molar-refractivity contribution in [3.05, 3.63) is 26.7 Å². The number of hydrogen-bond acceptors (Lipinski definition) is 4. The Labute approximate surface area is 129 Å². The Kier molecular flexibility index (Phi) is 5.18. The number of imidazole rings is 1. The fraction of sp³-hybridized carbons (Fsp3) is 0.667. The summed E-state index contributed by atoms with van der Waals surface area (Å²) in [6, 6.07) is 0. The Morgan fingerprint density at radius 2 is 1.95 bits per heavy atom. The van der Waals surface area contributed by atoms with E-state index in [9.17, 15) is 9.59 Å². The molecule has 1 N–H and O–H groups in total. The SMILES string of the molecule is CCCCN(CC)Cc1nc2c(c(=O)[nH]c(=O)n2C)n1CC. The van der Waals surface area contributed by atoms with Crippen LogP contribution in [0.3, 0.4) is 0 Å². The highest BCUT2D eigenvalue weighted by Gasteiger charge is 2.17. The molecular formula is C15H25N5O2. The average molecular weight is 307 g/mol. The van der Waals surface area contributed by atoms with Crippen molar-refractivity contribution in [3.63, 3.8) is 0 Å². The first-order chi connectivity index (χ1) is 10.5. The molecule has 7 heteroatoms. The van der Waals surface area contributed by atoms with Gasteiger partial charge in [-0.25, -0.2) is 9.78 Å². The van der Waals surface area contributed by atoms with Gasteiger partial charge < -0.3 is 4.57 Å². The first-order valence-corrected chi connectivity index (χ1v) is 7.94. The minimum Gasteiger partial charge on any atom is -0.321 e. The molecule has 7 nitrogen and oxygen atoms in total. The van der Waals surface area contributed by atoms with E-state index in [-0.39, 0.29) is 5.56 Å². The van der Waals surface area contributed by atoms with Crippen LogP contribution in [0.2, 0.25) is 0 Å². The van der Waals surface area contributed by atoms with Crippen molar-refractivity contribution in [1.29, 1.82) is 0 Å². The van der Waals surface area contributed by atoms with E-state index < -0.39 is 5.69 Å². The standard InChI is InChI=1S/C15H25N5O2/c1-5-8-9-19(6-2)10-11-16-13-12(20(11)7-3)14(21)17-15(22)18(13)4/h5-10H2,1-4H3,(H,17,21,22). The largest absolute Gasteiger partial charge is 0.329 e. The Balaban J connectivity index is 2.50. The molecule has 0 bridgehead atoms. The summed E-state index contributed by atoms with van der Waals surface area (Å²) in [5.74, 6) is 0.835. The average Bonchev–Trinajstić information content (AvgIpc) is 2.87. The quantitative estimate of drug-likeness (QED) is 0.830. The van der Waals surface area contributed by atoms with Gasteiger partial charge in [-0.05, 0) is 26.4 Å². The van der Waals surface area contributed by atoms with Gasteiger partial charge in [-0.15, -0.1) is 0 Å². The van der Waals surface area contributed by atoms with E-state index in [1.165, 1.54) is 4.57 Å². The number of fused-ring (bicyclic) bond motifs is 1. The highest BCUT2D eigenvalue weighted by Crippen LogP contribution is 2.13. The second kappa shape index (κ2) is 6.91. The summed E-state index contributed by atoms with van der Waals surface area (Å²) in [7, 11) is 1.63. The lowest BCUT2D eigenvalue weighted by atomic mass is 10.3. The maximum absolute atomic E-state index is 12.1. The van der Waals surface area contributed by atoms with Crippen molar-refractivity contribution in [2.75, 3.05) is 13.1 Å². The van der Waals surface area contributed by atoms with E-state index >= 15 is 0 Å². The minimum absolute atomic E-state index is 0.365. The monoisotopic (exact) mass is 307 g/mol. The molecule has 2 rings (SSSR count). The van der Waals surface area contributed by atoms with Crippen molar-refractivity contribution < 1.29 is 0 Å². The van der Waals surface area contributed by atoms with Crippen LogP contribution >= 0.6 is 0 Å². The van der Waals surface area contributed by atoms with Crippen LogP contribution in [-0.4, -0.2) is 37.1 Å². The Bertz CT molecular complexity index is 756. The topological polar surface area (TPSA) is 75.9 Å². The number of unbranched alkanes of at least 4 members (excludes halogenated alkanes) is 1. The van der Waals surface area contributed by atoms with Gasteiger partial charge in [0.05, 0.1) is 6.54 Å². The fourth-order valence-corrected chi connectivity index (χ4v) is 2.67. The van der Waals surface area contributed by atoms with E-state index in [4.69, 9.17) is 0 Å². The smallest absolute Gasteiger partial charge is 0.321 e. The van der Waals surface area contributed by atoms with Gasteiger partial charge in [0.1, 0.15) is 5.82 Å². The molecule has 0 aromatic carbocycles. The van der Waals surface area contributed by atoms with Crippen LogP contribution in [0.25, 0.3) is 11.2 Å². The van der Waals surface area contributed by atoms with E-state index in [1.54, 1.807) is 7.05 Å². The summed E-state index contributed by atoms with van der Waals surface area (Å²) in [6.45, 7) is 9.56. The van der Waals surface area contributed by atoms with E-state index in [0.717, 1.165) is 31.8 Å². The molecule has 0 saturated carbocycles. The zero-order valence-electron chi connectivity index (χ0n) is 13.8. The normalized spacial score (nSPS) is 11.7. The van der Waals surface area contributed by atoms with Gasteiger partial charge in [-0.1, -0.05) is 20.3 Å². The predicted octanol–water partition coefficient (Wildman–Crippen LogP) is 1.07. The third-order valence-electron chi connectivity index (χ3n) is 4.04. The molecule has 0 atom stereocenters. The lowest BCUT2D eigenvalue weighted by Crippen LogP contribution is -2.29. The molecule has 0 aliphatic heterocycles. The van der Waals surface area contributed by atoms with Gasteiger partial charge >= 0.3 is 5.69 Å². The number of rotatable bonds is 7. The number of aromatic nitrogens is 4. The summed E-state index contributed by atoms with van der Waals surface area (Å²) in [5.41, 5.74) is 0.140. The van der Waals surface area contributed by atoms with E-state index in [0.29, 0.717) is 24.3 Å². The Morgan fingerprint density at radius 3 is 2.55 bits per heavy atom. The maximum atomic E-state index is 12.1. The van der Waals surface area contributed by atoms with Crippen LogP contribution < -0.4 is 11.2 Å². The second-order valence-corrected chi connectivity index (χ2v) is 5.49. The molecule has 0 radical (unpaired) electrons. The molecular weight excluding hydrogens is 282 g/mol. The minimum atomic E-state index is -0.428. The van der Waals surface area contributed by atoms with Crippen LogP contribution in [0.4, 0.5) is 0 Å². The summed E-state index contributed by atoms with van der Waals surface area (Å²) in [4.78, 5) is 33.1. The highest BCUT2D eigenvalue weighted by molar-refractivity contribution is 5.70. The maximum Gasteiger partial charge on any atom is 0.329 e. The first kappa shape index (κ1) is 16.5. The van der Waals surface area contributed by atoms with Crippen molar-refractivity contribution >= 4 is 11.2 Å². The van der Waals surface area contributed by atoms with Crippen LogP contribution in [0.15, 0.2) is 9.59 Å². The summed E-state index contributed by atoms with van der Waals surface area (Å²) >= 11 is 0. The number of hydrogen-bond donors (Lipinski definition) is 1. The summed E-state index contributed by atoms with van der Waals surface area (Å²) in [5, 5.41) is 0. The molecule has 0 unspecified atom stereocenters. The molecule has 0 spiro atoms. The van der Waals surface area contributed by atoms with Gasteiger partial charge in [0, 0.05) is 13.6 Å². The molecule has 2 aromatic heterocycles. The lowest BCUT2D eigenvalue weighted by Gasteiger charge is -2.19. The molecule has 0 fully saturated rings. The van der Waals surface area contributed by atoms with Crippen molar-refractivity contribution in [1.82, 2.24) is 24.0 Å². The third kappa shape index (κ3) is 2.99. The second-order valence-electron chi connectivity index (χ2n) is 5.49. The number of H-pyrrole nitrogens is 1. The van der Waals surface area contributed by atoms with Gasteiger partial charge in [0.2, 0.25) is 0 Å². The zero-order valence-corrected chi connectivity index (χ0v) is 13.8. The summed E-state index contributed by atoms with van der Waals surface area (Å²) < 4.78 is 3.30. The van der Waals surface area contributed by atoms with E-state index in [2.05, 4.69) is 28.7 Å². The molecule has 122 valence electrons. The van der Waals surface area contributed by atoms with Crippen molar-refractivity contribution in [2.24, 2.45) is 7.05 Å². The number of nitrogens with zero attached hydrogens (tertiary/aromatic N) is 4. The van der Waals surface area contributed by atoms with Crippen LogP contribution in [0.5, 0.6) is 0 Å². The van der Waals surface area contributed by atoms with Gasteiger partial charge in [0.15, 0.2) is 11.2 Å². The van der Waals surface area contributed by atoms with Crippen LogP contribution in [-0.2, 0) is 20.1 Å². The first-order valence-electron chi connectivity index (χ1n) is 7.94. The molecule has 0 aliphatic carbocycles. The predicted molar refractivity (Wildman–Crippen MR) is 87.1 cm³/mol. The zero-order chi connectivity index (χ0) is 16.3. The summed E-state index contributed by atoms with van der Waals surface area (Å²) in [6.07, 6.45) is 2.29.